The van der Waals surface area contributed by atoms with Gasteiger partial charge in [0.15, 0.2) is 0 Å². The highest BCUT2D eigenvalue weighted by Crippen LogP contribution is 2.28. The second-order valence-electron chi connectivity index (χ2n) is 5.48. The second-order valence-corrected chi connectivity index (χ2v) is 5.48. The molecule has 0 spiro atoms. The lowest BCUT2D eigenvalue weighted by Gasteiger charge is -2.28. The number of carbonyl (C=O) groups excluding carboxylic acids is 1. The van der Waals surface area contributed by atoms with Crippen LogP contribution in [0.25, 0.3) is 0 Å². The molecule has 9 heteroatoms. The van der Waals surface area contributed by atoms with Gasteiger partial charge in [0.1, 0.15) is 5.69 Å². The maximum Gasteiger partial charge on any atom is 0.433 e. The molecule has 0 saturated carbocycles. The summed E-state index contributed by atoms with van der Waals surface area (Å²) in [6.07, 6.45) is -3.21. The highest BCUT2D eigenvalue weighted by molar-refractivity contribution is 5.94. The summed E-state index contributed by atoms with van der Waals surface area (Å²) in [7, 11) is 1.54. The van der Waals surface area contributed by atoms with E-state index in [0.29, 0.717) is 24.2 Å². The van der Waals surface area contributed by atoms with Gasteiger partial charge in [0.05, 0.1) is 5.69 Å². The number of nitrogens with zero attached hydrogens (tertiary/aromatic N) is 4. The zero-order chi connectivity index (χ0) is 17.5. The number of amides is 1. The number of rotatable bonds is 1. The number of aryl methyl sites for hydroxylation is 1. The van der Waals surface area contributed by atoms with Gasteiger partial charge in [-0.05, 0) is 12.1 Å². The van der Waals surface area contributed by atoms with Crippen LogP contribution in [0.5, 0.6) is 0 Å². The Morgan fingerprint density at radius 1 is 1.29 bits per heavy atom. The molecule has 0 fully saturated rings. The Morgan fingerprint density at radius 3 is 2.75 bits per heavy atom. The van der Waals surface area contributed by atoms with Crippen LogP contribution in [-0.2, 0) is 26.2 Å². The van der Waals surface area contributed by atoms with Crippen molar-refractivity contribution in [2.24, 2.45) is 7.05 Å². The van der Waals surface area contributed by atoms with Crippen molar-refractivity contribution >= 4 is 5.91 Å². The Bertz CT molecular complexity index is 861. The molecule has 0 aliphatic carbocycles. The van der Waals surface area contributed by atoms with E-state index in [2.05, 4.69) is 10.1 Å². The van der Waals surface area contributed by atoms with Gasteiger partial charge in [-0.1, -0.05) is 0 Å². The Labute approximate surface area is 134 Å². The fraction of sp³-hybridized carbons (Fsp3) is 0.333. The van der Waals surface area contributed by atoms with Crippen LogP contribution in [0.1, 0.15) is 27.3 Å². The summed E-state index contributed by atoms with van der Waals surface area (Å²) in [6, 6.07) is 3.38. The topological polar surface area (TPSA) is 68.1 Å². The summed E-state index contributed by atoms with van der Waals surface area (Å²) < 4.78 is 39.4. The third-order valence-corrected chi connectivity index (χ3v) is 3.82. The molecule has 0 saturated heterocycles. The molecule has 1 amide bonds. The van der Waals surface area contributed by atoms with Crippen molar-refractivity contribution < 1.29 is 18.0 Å². The average Bonchev–Trinajstić information content (AvgIpc) is 2.54. The first-order valence-corrected chi connectivity index (χ1v) is 7.14. The molecule has 126 valence electrons. The Balaban J connectivity index is 1.87. The van der Waals surface area contributed by atoms with Gasteiger partial charge in [0.2, 0.25) is 0 Å². The van der Waals surface area contributed by atoms with Crippen molar-refractivity contribution in [1.82, 2.24) is 19.7 Å². The predicted octanol–water partition coefficient (Wildman–Crippen LogP) is 1.39. The van der Waals surface area contributed by atoms with Gasteiger partial charge >= 0.3 is 6.18 Å². The van der Waals surface area contributed by atoms with Crippen molar-refractivity contribution in [2.75, 3.05) is 6.54 Å². The smallest absolute Gasteiger partial charge is 0.334 e. The van der Waals surface area contributed by atoms with Gasteiger partial charge in [-0.25, -0.2) is 4.68 Å². The lowest BCUT2D eigenvalue weighted by atomic mass is 10.1. The maximum absolute atomic E-state index is 12.7. The Morgan fingerprint density at radius 2 is 2.04 bits per heavy atom. The zero-order valence-corrected chi connectivity index (χ0v) is 12.7. The van der Waals surface area contributed by atoms with Crippen molar-refractivity contribution in [2.45, 2.75) is 19.1 Å². The number of carbonyl (C=O) groups is 1. The molecular formula is C15H13F3N4O2. The van der Waals surface area contributed by atoms with Crippen LogP contribution in [0.15, 0.2) is 29.2 Å². The molecule has 0 unspecified atom stereocenters. The summed E-state index contributed by atoms with van der Waals surface area (Å²) in [5.41, 5.74) is -0.167. The Hall–Kier alpha value is -2.71. The van der Waals surface area contributed by atoms with E-state index in [0.717, 1.165) is 12.3 Å². The van der Waals surface area contributed by atoms with Crippen molar-refractivity contribution in [3.63, 3.8) is 0 Å². The van der Waals surface area contributed by atoms with E-state index < -0.39 is 17.8 Å². The molecule has 2 aromatic rings. The summed E-state index contributed by atoms with van der Waals surface area (Å²) in [4.78, 5) is 28.8. The van der Waals surface area contributed by atoms with E-state index in [9.17, 15) is 22.8 Å². The Kier molecular flexibility index (Phi) is 3.86. The summed E-state index contributed by atoms with van der Waals surface area (Å²) >= 11 is 0. The molecule has 0 bridgehead atoms. The number of alkyl halides is 3. The van der Waals surface area contributed by atoms with Gasteiger partial charge in [-0.3, -0.25) is 14.6 Å². The van der Waals surface area contributed by atoms with E-state index in [1.54, 1.807) is 0 Å². The minimum absolute atomic E-state index is 0.0856. The molecule has 0 aromatic carbocycles. The normalized spacial score (nSPS) is 14.4. The van der Waals surface area contributed by atoms with E-state index in [1.807, 2.05) is 0 Å². The van der Waals surface area contributed by atoms with Gasteiger partial charge in [0, 0.05) is 49.9 Å². The van der Waals surface area contributed by atoms with Crippen LogP contribution in [0.4, 0.5) is 13.2 Å². The van der Waals surface area contributed by atoms with Crippen molar-refractivity contribution in [3.05, 3.63) is 57.3 Å². The minimum atomic E-state index is -4.61. The van der Waals surface area contributed by atoms with E-state index in [4.69, 9.17) is 0 Å². The van der Waals surface area contributed by atoms with Crippen LogP contribution >= 0.6 is 0 Å². The fourth-order valence-electron chi connectivity index (χ4n) is 2.57. The molecule has 3 heterocycles. The van der Waals surface area contributed by atoms with Gasteiger partial charge < -0.3 is 4.90 Å². The van der Waals surface area contributed by atoms with Gasteiger partial charge in [-0.15, -0.1) is 0 Å². The summed E-state index contributed by atoms with van der Waals surface area (Å²) in [5.74, 6) is -0.533. The quantitative estimate of drug-likeness (QED) is 0.788. The molecule has 0 radical (unpaired) electrons. The third kappa shape index (κ3) is 3.01. The second kappa shape index (κ2) is 5.73. The van der Waals surface area contributed by atoms with Gasteiger partial charge in [0.25, 0.3) is 11.5 Å². The van der Waals surface area contributed by atoms with Crippen LogP contribution in [0.3, 0.4) is 0 Å². The first kappa shape index (κ1) is 16.2. The van der Waals surface area contributed by atoms with Crippen LogP contribution in [0, 0.1) is 0 Å². The summed E-state index contributed by atoms with van der Waals surface area (Å²) in [5, 5.41) is 4.13. The highest BCUT2D eigenvalue weighted by atomic mass is 19.4. The van der Waals surface area contributed by atoms with Gasteiger partial charge in [-0.2, -0.15) is 18.3 Å². The molecule has 1 aliphatic rings. The molecule has 24 heavy (non-hydrogen) atoms. The minimum Gasteiger partial charge on any atom is -0.334 e. The number of hydrogen-bond acceptors (Lipinski definition) is 4. The average molecular weight is 338 g/mol. The molecule has 1 aliphatic heterocycles. The molecular weight excluding hydrogens is 325 g/mol. The predicted molar refractivity (Wildman–Crippen MR) is 77.2 cm³/mol. The lowest BCUT2D eigenvalue weighted by Crippen LogP contribution is -2.38. The van der Waals surface area contributed by atoms with E-state index in [-0.39, 0.29) is 17.7 Å². The standard InChI is InChI=1S/C15H13F3N4O2/c1-21-13(23)7-10-8-22(5-3-11(10)20-21)14(24)9-2-4-19-12(6-9)15(16,17)18/h2,4,6-7H,3,5,8H2,1H3. The number of pyridine rings is 1. The van der Waals surface area contributed by atoms with E-state index >= 15 is 0 Å². The van der Waals surface area contributed by atoms with Crippen molar-refractivity contribution in [3.8, 4) is 0 Å². The SMILES string of the molecule is Cn1nc2c(cc1=O)CN(C(=O)c1ccnc(C(F)(F)F)c1)CC2. The zero-order valence-electron chi connectivity index (χ0n) is 12.7. The third-order valence-electron chi connectivity index (χ3n) is 3.82. The number of hydrogen-bond donors (Lipinski definition) is 0. The number of aromatic nitrogens is 3. The first-order valence-electron chi connectivity index (χ1n) is 7.14. The maximum atomic E-state index is 12.7. The summed E-state index contributed by atoms with van der Waals surface area (Å²) in [6.45, 7) is 0.460. The molecule has 0 atom stereocenters. The van der Waals surface area contributed by atoms with Crippen LogP contribution in [0.2, 0.25) is 0 Å². The largest absolute Gasteiger partial charge is 0.433 e. The van der Waals surface area contributed by atoms with Crippen LogP contribution < -0.4 is 5.56 Å². The molecule has 0 N–H and O–H groups in total. The van der Waals surface area contributed by atoms with E-state index in [1.165, 1.54) is 28.8 Å². The van der Waals surface area contributed by atoms with Crippen molar-refractivity contribution in [1.29, 1.82) is 0 Å². The first-order chi connectivity index (χ1) is 11.3. The van der Waals surface area contributed by atoms with Crippen LogP contribution in [-0.4, -0.2) is 32.1 Å². The highest BCUT2D eigenvalue weighted by Gasteiger charge is 2.33. The monoisotopic (exact) mass is 338 g/mol. The molecule has 2 aromatic heterocycles. The molecule has 6 nitrogen and oxygen atoms in total. The lowest BCUT2D eigenvalue weighted by molar-refractivity contribution is -0.141. The fourth-order valence-corrected chi connectivity index (χ4v) is 2.57. The number of fused-ring (bicyclic) bond motifs is 1. The molecule has 3 rings (SSSR count). The number of halogens is 3.